The van der Waals surface area contributed by atoms with Gasteiger partial charge in [-0.1, -0.05) is 0 Å². The number of aryl methyl sites for hydroxylation is 1. The summed E-state index contributed by atoms with van der Waals surface area (Å²) in [5.41, 5.74) is 7.62. The summed E-state index contributed by atoms with van der Waals surface area (Å²) in [6.07, 6.45) is 0. The van der Waals surface area contributed by atoms with Gasteiger partial charge >= 0.3 is 0 Å². The zero-order valence-corrected chi connectivity index (χ0v) is 12.8. The highest BCUT2D eigenvalue weighted by molar-refractivity contribution is 9.10. The third-order valence-corrected chi connectivity index (χ3v) is 4.21. The van der Waals surface area contributed by atoms with Crippen molar-refractivity contribution in [2.24, 2.45) is 0 Å². The third kappa shape index (κ3) is 4.47. The zero-order chi connectivity index (χ0) is 13.8. The van der Waals surface area contributed by atoms with Gasteiger partial charge in [0.05, 0.1) is 18.0 Å². The van der Waals surface area contributed by atoms with E-state index in [2.05, 4.69) is 20.7 Å². The highest BCUT2D eigenvalue weighted by Gasteiger charge is 2.13. The number of hydrogen-bond acceptors (Lipinski definition) is 4. The lowest BCUT2D eigenvalue weighted by molar-refractivity contribution is 0.163. The van der Waals surface area contributed by atoms with E-state index in [4.69, 9.17) is 10.5 Å². The van der Waals surface area contributed by atoms with Crippen molar-refractivity contribution >= 4 is 37.3 Å². The van der Waals surface area contributed by atoms with Crippen LogP contribution < -0.4 is 10.5 Å². The van der Waals surface area contributed by atoms with Gasteiger partial charge in [0.25, 0.3) is 0 Å². The van der Waals surface area contributed by atoms with Crippen LogP contribution in [-0.2, 0) is 14.8 Å². The summed E-state index contributed by atoms with van der Waals surface area (Å²) in [6, 6.07) is 3.37. The smallest absolute Gasteiger partial charge is 0.235 e. The average Bonchev–Trinajstić information content (AvgIpc) is 2.26. The Bertz CT molecular complexity index is 517. The van der Waals surface area contributed by atoms with Crippen LogP contribution in [0.2, 0.25) is 0 Å². The molecule has 0 aliphatic heterocycles. The minimum Gasteiger partial charge on any atom is -0.398 e. The van der Waals surface area contributed by atoms with Crippen molar-refractivity contribution in [3.63, 3.8) is 0 Å². The number of anilines is 2. The van der Waals surface area contributed by atoms with Crippen LogP contribution in [0.25, 0.3) is 0 Å². The first kappa shape index (κ1) is 15.3. The molecule has 0 amide bonds. The highest BCUT2D eigenvalue weighted by atomic mass is 79.9. The topological polar surface area (TPSA) is 81.4 Å². The second kappa shape index (κ2) is 6.40. The van der Waals surface area contributed by atoms with Crippen molar-refractivity contribution in [3.05, 3.63) is 22.2 Å². The number of hydrogen-bond donors (Lipinski definition) is 2. The Morgan fingerprint density at radius 1 is 1.44 bits per heavy atom. The van der Waals surface area contributed by atoms with Gasteiger partial charge in [-0.25, -0.2) is 8.42 Å². The summed E-state index contributed by atoms with van der Waals surface area (Å²) in [5, 5.41) is 0. The zero-order valence-electron chi connectivity index (χ0n) is 10.4. The Labute approximate surface area is 116 Å². The van der Waals surface area contributed by atoms with Crippen LogP contribution in [0.3, 0.4) is 0 Å². The maximum absolute atomic E-state index is 11.8. The Morgan fingerprint density at radius 2 is 2.11 bits per heavy atom. The number of sulfonamides is 1. The van der Waals surface area contributed by atoms with Gasteiger partial charge in [0, 0.05) is 16.8 Å². The Hall–Kier alpha value is -0.790. The van der Waals surface area contributed by atoms with Crippen LogP contribution in [0.4, 0.5) is 11.4 Å². The molecule has 5 nitrogen and oxygen atoms in total. The van der Waals surface area contributed by atoms with E-state index in [-0.39, 0.29) is 12.4 Å². The summed E-state index contributed by atoms with van der Waals surface area (Å²) >= 11 is 3.30. The number of ether oxygens (including phenoxy) is 1. The highest BCUT2D eigenvalue weighted by Crippen LogP contribution is 2.28. The molecular weight excluding hydrogens is 320 g/mol. The standard InChI is InChI=1S/C11H17BrN2O3S/c1-3-17-4-5-18(15,16)14-11-7-10(13)8(2)6-9(11)12/h6-7,14H,3-5,13H2,1-2H3. The Balaban J connectivity index is 2.81. The minimum absolute atomic E-state index is 0.0823. The third-order valence-electron chi connectivity index (χ3n) is 2.32. The van der Waals surface area contributed by atoms with E-state index in [9.17, 15) is 8.42 Å². The van der Waals surface area contributed by atoms with Crippen molar-refractivity contribution in [1.29, 1.82) is 0 Å². The molecule has 1 rings (SSSR count). The van der Waals surface area contributed by atoms with Crippen molar-refractivity contribution in [1.82, 2.24) is 0 Å². The summed E-state index contributed by atoms with van der Waals surface area (Å²) in [5.74, 6) is -0.0823. The maximum atomic E-state index is 11.8. The van der Waals surface area contributed by atoms with Crippen molar-refractivity contribution in [2.45, 2.75) is 13.8 Å². The molecule has 0 fully saturated rings. The summed E-state index contributed by atoms with van der Waals surface area (Å²) in [4.78, 5) is 0. The van der Waals surface area contributed by atoms with Gasteiger partial charge in [-0.3, -0.25) is 4.72 Å². The van der Waals surface area contributed by atoms with E-state index in [1.165, 1.54) is 0 Å². The van der Waals surface area contributed by atoms with E-state index in [0.717, 1.165) is 5.56 Å². The van der Waals surface area contributed by atoms with E-state index < -0.39 is 10.0 Å². The molecule has 0 radical (unpaired) electrons. The molecule has 0 bridgehead atoms. The quantitative estimate of drug-likeness (QED) is 0.615. The van der Waals surface area contributed by atoms with E-state index in [1.807, 2.05) is 13.8 Å². The van der Waals surface area contributed by atoms with Crippen LogP contribution in [0.5, 0.6) is 0 Å². The first-order valence-electron chi connectivity index (χ1n) is 5.49. The van der Waals surface area contributed by atoms with Gasteiger partial charge in [0.1, 0.15) is 0 Å². The number of nitrogens with one attached hydrogen (secondary N) is 1. The van der Waals surface area contributed by atoms with Crippen LogP contribution in [-0.4, -0.2) is 27.4 Å². The van der Waals surface area contributed by atoms with Crippen LogP contribution in [0.15, 0.2) is 16.6 Å². The molecule has 0 aliphatic rings. The van der Waals surface area contributed by atoms with Gasteiger partial charge in [0.2, 0.25) is 10.0 Å². The molecule has 0 saturated heterocycles. The molecule has 0 unspecified atom stereocenters. The van der Waals surface area contributed by atoms with Crippen LogP contribution in [0.1, 0.15) is 12.5 Å². The molecule has 0 atom stereocenters. The van der Waals surface area contributed by atoms with Gasteiger partial charge in [0.15, 0.2) is 0 Å². The number of benzene rings is 1. The molecule has 18 heavy (non-hydrogen) atoms. The molecule has 0 spiro atoms. The minimum atomic E-state index is -3.42. The molecule has 7 heteroatoms. The second-order valence-corrected chi connectivity index (χ2v) is 6.50. The fraction of sp³-hybridized carbons (Fsp3) is 0.455. The molecule has 1 aromatic rings. The molecule has 1 aromatic carbocycles. The molecule has 3 N–H and O–H groups in total. The first-order valence-corrected chi connectivity index (χ1v) is 7.94. The van der Waals surface area contributed by atoms with Crippen molar-refractivity contribution in [3.8, 4) is 0 Å². The summed E-state index contributed by atoms with van der Waals surface area (Å²) in [6.45, 7) is 4.34. The number of halogens is 1. The van der Waals surface area contributed by atoms with Crippen LogP contribution >= 0.6 is 15.9 Å². The lowest BCUT2D eigenvalue weighted by Crippen LogP contribution is -2.20. The van der Waals surface area contributed by atoms with Crippen LogP contribution in [0, 0.1) is 6.92 Å². The molecule has 102 valence electrons. The predicted molar refractivity (Wildman–Crippen MR) is 77.2 cm³/mol. The summed E-state index contributed by atoms with van der Waals surface area (Å²) in [7, 11) is -3.42. The van der Waals surface area contributed by atoms with E-state index in [1.54, 1.807) is 12.1 Å². The van der Waals surface area contributed by atoms with Crippen molar-refractivity contribution in [2.75, 3.05) is 29.4 Å². The van der Waals surface area contributed by atoms with E-state index >= 15 is 0 Å². The lowest BCUT2D eigenvalue weighted by atomic mass is 10.2. The maximum Gasteiger partial charge on any atom is 0.235 e. The molecule has 0 aromatic heterocycles. The molecule has 0 heterocycles. The first-order chi connectivity index (χ1) is 8.35. The molecular formula is C11H17BrN2O3S. The molecule has 0 aliphatic carbocycles. The summed E-state index contributed by atoms with van der Waals surface area (Å²) < 4.78 is 31.7. The molecule has 0 saturated carbocycles. The SMILES string of the molecule is CCOCCS(=O)(=O)Nc1cc(N)c(C)cc1Br. The fourth-order valence-electron chi connectivity index (χ4n) is 1.30. The van der Waals surface area contributed by atoms with Gasteiger partial charge < -0.3 is 10.5 Å². The average molecular weight is 337 g/mol. The number of rotatable bonds is 6. The van der Waals surface area contributed by atoms with Crippen molar-refractivity contribution < 1.29 is 13.2 Å². The van der Waals surface area contributed by atoms with Gasteiger partial charge in [-0.05, 0) is 47.5 Å². The second-order valence-electron chi connectivity index (χ2n) is 3.81. The normalized spacial score (nSPS) is 11.5. The number of nitrogens with two attached hydrogens (primary N) is 1. The van der Waals surface area contributed by atoms with Gasteiger partial charge in [-0.2, -0.15) is 0 Å². The lowest BCUT2D eigenvalue weighted by Gasteiger charge is -2.11. The largest absolute Gasteiger partial charge is 0.398 e. The van der Waals surface area contributed by atoms with Gasteiger partial charge in [-0.15, -0.1) is 0 Å². The Kier molecular flexibility index (Phi) is 5.43. The number of nitrogen functional groups attached to an aromatic ring is 1. The fourth-order valence-corrected chi connectivity index (χ4v) is 2.93. The predicted octanol–water partition coefficient (Wildman–Crippen LogP) is 2.12. The Morgan fingerprint density at radius 3 is 2.72 bits per heavy atom. The van der Waals surface area contributed by atoms with E-state index in [0.29, 0.717) is 22.5 Å². The monoisotopic (exact) mass is 336 g/mol.